The van der Waals surface area contributed by atoms with Crippen molar-refractivity contribution in [2.24, 2.45) is 16.8 Å². The molecule has 0 aromatic carbocycles. The lowest BCUT2D eigenvalue weighted by atomic mass is 9.76. The summed E-state index contributed by atoms with van der Waals surface area (Å²) in [6.45, 7) is 3.94. The summed E-state index contributed by atoms with van der Waals surface area (Å²) in [5, 5.41) is 21.6. The lowest BCUT2D eigenvalue weighted by Crippen LogP contribution is -2.59. The Morgan fingerprint density at radius 1 is 1.60 bits per heavy atom. The van der Waals surface area contributed by atoms with Gasteiger partial charge in [0.25, 0.3) is 5.91 Å². The Morgan fingerprint density at radius 2 is 2.25 bits per heavy atom. The van der Waals surface area contributed by atoms with E-state index in [-0.39, 0.29) is 11.7 Å². The molecule has 1 heterocycles. The number of hydrogen-bond donors (Lipinski definition) is 4. The van der Waals surface area contributed by atoms with Crippen molar-refractivity contribution in [3.63, 3.8) is 0 Å². The van der Waals surface area contributed by atoms with E-state index in [4.69, 9.17) is 10.9 Å². The summed E-state index contributed by atoms with van der Waals surface area (Å²) in [6, 6.07) is 0. The van der Waals surface area contributed by atoms with Gasteiger partial charge in [0.1, 0.15) is 5.54 Å². The second kappa shape index (κ2) is 5.52. The van der Waals surface area contributed by atoms with Crippen molar-refractivity contribution in [3.8, 4) is 0 Å². The minimum atomic E-state index is -0.762. The fourth-order valence-electron chi connectivity index (χ4n) is 2.66. The van der Waals surface area contributed by atoms with Crippen molar-refractivity contribution in [2.75, 3.05) is 0 Å². The molecule has 5 N–H and O–H groups in total. The molecule has 0 aliphatic heterocycles. The van der Waals surface area contributed by atoms with Gasteiger partial charge in [0, 0.05) is 5.69 Å². The topological polar surface area (TPSA) is 116 Å². The van der Waals surface area contributed by atoms with E-state index in [9.17, 15) is 4.79 Å². The van der Waals surface area contributed by atoms with Crippen LogP contribution < -0.4 is 11.1 Å². The molecule has 1 aliphatic carbocycles. The number of H-pyrrole nitrogens is 1. The van der Waals surface area contributed by atoms with E-state index in [2.05, 4.69) is 27.6 Å². The third kappa shape index (κ3) is 2.61. The van der Waals surface area contributed by atoms with Gasteiger partial charge in [-0.15, -0.1) is 0 Å². The van der Waals surface area contributed by atoms with Gasteiger partial charge in [-0.25, -0.2) is 0 Å². The second-order valence-corrected chi connectivity index (χ2v) is 5.61. The van der Waals surface area contributed by atoms with Crippen molar-refractivity contribution < 1.29 is 10.0 Å². The van der Waals surface area contributed by atoms with Crippen LogP contribution in [0.2, 0.25) is 0 Å². The van der Waals surface area contributed by atoms with Gasteiger partial charge in [0.15, 0.2) is 5.84 Å². The molecular weight excluding hydrogens is 258 g/mol. The first-order valence-corrected chi connectivity index (χ1v) is 6.79. The van der Waals surface area contributed by atoms with Crippen LogP contribution in [0.5, 0.6) is 0 Å². The number of nitrogens with one attached hydrogen (secondary N) is 2. The van der Waals surface area contributed by atoms with Crippen molar-refractivity contribution in [2.45, 2.75) is 45.1 Å². The molecule has 1 fully saturated rings. The van der Waals surface area contributed by atoms with Gasteiger partial charge in [0.05, 0.1) is 11.8 Å². The fraction of sp³-hybridized carbons (Fsp3) is 0.615. The number of carbonyl (C=O) groups is 1. The van der Waals surface area contributed by atoms with Crippen molar-refractivity contribution >= 4 is 11.7 Å². The predicted octanol–water partition coefficient (Wildman–Crippen LogP) is 1.14. The lowest BCUT2D eigenvalue weighted by molar-refractivity contribution is 0.0897. The number of rotatable bonds is 3. The van der Waals surface area contributed by atoms with E-state index < -0.39 is 5.54 Å². The zero-order valence-electron chi connectivity index (χ0n) is 11.8. The third-order valence-corrected chi connectivity index (χ3v) is 4.15. The van der Waals surface area contributed by atoms with E-state index in [1.807, 2.05) is 0 Å². The molecule has 2 rings (SSSR count). The highest BCUT2D eigenvalue weighted by Crippen LogP contribution is 2.32. The molecule has 7 heteroatoms. The number of aromatic nitrogens is 2. The maximum Gasteiger partial charge on any atom is 0.255 e. The number of aryl methyl sites for hydroxylation is 1. The van der Waals surface area contributed by atoms with Gasteiger partial charge in [-0.1, -0.05) is 12.1 Å². The van der Waals surface area contributed by atoms with Crippen LogP contribution in [0.4, 0.5) is 0 Å². The van der Waals surface area contributed by atoms with Gasteiger partial charge >= 0.3 is 0 Å². The quantitative estimate of drug-likeness (QED) is 0.287. The molecular formula is C13H21N5O2. The van der Waals surface area contributed by atoms with Crippen LogP contribution in [0.25, 0.3) is 0 Å². The maximum atomic E-state index is 12.3. The molecule has 0 saturated heterocycles. The third-order valence-electron chi connectivity index (χ3n) is 4.15. The van der Waals surface area contributed by atoms with Crippen LogP contribution in [0.15, 0.2) is 11.4 Å². The van der Waals surface area contributed by atoms with Crippen LogP contribution in [-0.2, 0) is 0 Å². The van der Waals surface area contributed by atoms with Crippen molar-refractivity contribution in [3.05, 3.63) is 17.5 Å². The van der Waals surface area contributed by atoms with Gasteiger partial charge in [0.2, 0.25) is 0 Å². The van der Waals surface area contributed by atoms with E-state index >= 15 is 0 Å². The predicted molar refractivity (Wildman–Crippen MR) is 74.6 cm³/mol. The van der Waals surface area contributed by atoms with Crippen LogP contribution >= 0.6 is 0 Å². The minimum Gasteiger partial charge on any atom is -0.409 e. The molecule has 0 bridgehead atoms. The lowest BCUT2D eigenvalue weighted by Gasteiger charge is -2.38. The Kier molecular flexibility index (Phi) is 3.96. The van der Waals surface area contributed by atoms with Crippen molar-refractivity contribution in [1.82, 2.24) is 15.5 Å². The largest absolute Gasteiger partial charge is 0.409 e. The molecule has 0 unspecified atom stereocenters. The molecule has 1 amide bonds. The van der Waals surface area contributed by atoms with Gasteiger partial charge in [-0.05, 0) is 38.5 Å². The zero-order valence-corrected chi connectivity index (χ0v) is 11.8. The fourth-order valence-corrected chi connectivity index (χ4v) is 2.66. The van der Waals surface area contributed by atoms with Crippen LogP contribution in [0, 0.1) is 12.8 Å². The normalized spacial score (nSPS) is 27.3. The minimum absolute atomic E-state index is 0.0684. The van der Waals surface area contributed by atoms with Crippen LogP contribution in [0.1, 0.15) is 48.7 Å². The van der Waals surface area contributed by atoms with E-state index in [0.29, 0.717) is 30.0 Å². The molecule has 110 valence electrons. The van der Waals surface area contributed by atoms with E-state index in [1.54, 1.807) is 6.92 Å². The summed E-state index contributed by atoms with van der Waals surface area (Å²) in [7, 11) is 0. The van der Waals surface area contributed by atoms with Crippen LogP contribution in [0.3, 0.4) is 0 Å². The summed E-state index contributed by atoms with van der Waals surface area (Å²) in [6.07, 6.45) is 4.69. The Hall–Kier alpha value is -2.05. The van der Waals surface area contributed by atoms with Gasteiger partial charge in [-0.2, -0.15) is 5.10 Å². The Bertz CT molecular complexity index is 515. The second-order valence-electron chi connectivity index (χ2n) is 5.61. The number of oxime groups is 1. The Morgan fingerprint density at radius 3 is 2.75 bits per heavy atom. The highest BCUT2D eigenvalue weighted by atomic mass is 16.4. The number of nitrogens with zero attached hydrogens (tertiary/aromatic N) is 2. The number of amides is 1. The molecule has 0 spiro atoms. The molecule has 1 aromatic heterocycles. The highest BCUT2D eigenvalue weighted by Gasteiger charge is 2.40. The number of amidine groups is 1. The van der Waals surface area contributed by atoms with Crippen molar-refractivity contribution in [1.29, 1.82) is 0 Å². The van der Waals surface area contributed by atoms with E-state index in [0.717, 1.165) is 12.8 Å². The summed E-state index contributed by atoms with van der Waals surface area (Å²) < 4.78 is 0. The number of nitrogens with two attached hydrogens (primary N) is 1. The maximum absolute atomic E-state index is 12.3. The monoisotopic (exact) mass is 279 g/mol. The first-order chi connectivity index (χ1) is 9.48. The first kappa shape index (κ1) is 14.4. The Balaban J connectivity index is 2.21. The molecule has 0 radical (unpaired) electrons. The summed E-state index contributed by atoms with van der Waals surface area (Å²) in [4.78, 5) is 12.3. The molecule has 7 nitrogen and oxygen atoms in total. The average molecular weight is 279 g/mol. The van der Waals surface area contributed by atoms with Gasteiger partial charge in [-0.3, -0.25) is 9.89 Å². The SMILES string of the molecule is Cc1[nH]ncc1C(=O)NC1(C(N)=NO)CCC(C)CC1. The van der Waals surface area contributed by atoms with E-state index in [1.165, 1.54) is 6.20 Å². The summed E-state index contributed by atoms with van der Waals surface area (Å²) in [5.74, 6) is 0.401. The van der Waals surface area contributed by atoms with Gasteiger partial charge < -0.3 is 16.3 Å². The average Bonchev–Trinajstić information content (AvgIpc) is 2.87. The molecule has 1 aromatic rings. The molecule has 20 heavy (non-hydrogen) atoms. The molecule has 1 saturated carbocycles. The van der Waals surface area contributed by atoms with Crippen LogP contribution in [-0.4, -0.2) is 32.7 Å². The Labute approximate surface area is 117 Å². The number of carbonyl (C=O) groups excluding carboxylic acids is 1. The molecule has 0 atom stereocenters. The first-order valence-electron chi connectivity index (χ1n) is 6.79. The highest BCUT2D eigenvalue weighted by molar-refractivity contribution is 6.00. The zero-order chi connectivity index (χ0) is 14.8. The number of hydrogen-bond acceptors (Lipinski definition) is 4. The smallest absolute Gasteiger partial charge is 0.255 e. The molecule has 1 aliphatic rings. The summed E-state index contributed by atoms with van der Waals surface area (Å²) in [5.41, 5.74) is 6.24. The summed E-state index contributed by atoms with van der Waals surface area (Å²) >= 11 is 0. The standard InChI is InChI=1S/C13H21N5O2/c1-8-3-5-13(6-4-8,12(14)18-20)16-11(19)10-7-15-17-9(10)2/h7-8,20H,3-6H2,1-2H3,(H2,14,18)(H,15,17)(H,16,19). The number of aromatic amines is 1.